The molecular weight excluding hydrogens is 813 g/mol. The first kappa shape index (κ1) is 36.3. The first-order chi connectivity index (χ1) is 32.4. The van der Waals surface area contributed by atoms with Gasteiger partial charge in [0.2, 0.25) is 0 Å². The topological polar surface area (TPSA) is 115 Å². The third-order valence-electron chi connectivity index (χ3n) is 13.8. The Bertz CT molecular complexity index is 4540. The van der Waals surface area contributed by atoms with Gasteiger partial charge in [0, 0.05) is 53.9 Å². The van der Waals surface area contributed by atoms with E-state index in [0.29, 0.717) is 28.2 Å². The van der Waals surface area contributed by atoms with Crippen molar-refractivity contribution in [3.05, 3.63) is 180 Å². The van der Waals surface area contributed by atoms with E-state index in [1.807, 2.05) is 60.7 Å². The number of aromatic nitrogens is 3. The summed E-state index contributed by atoms with van der Waals surface area (Å²) in [5.41, 5.74) is 19.8. The number of nitrogens with two attached hydrogens (primary N) is 1. The first-order valence-corrected chi connectivity index (χ1v) is 21.9. The molecule has 0 aliphatic heterocycles. The Balaban J connectivity index is 1.26. The highest BCUT2D eigenvalue weighted by Crippen LogP contribution is 2.49. The Morgan fingerprint density at radius 2 is 0.818 bits per heavy atom. The highest BCUT2D eigenvalue weighted by atomic mass is 16.3. The molecule has 0 unspecified atom stereocenters. The first-order valence-electron chi connectivity index (χ1n) is 21.9. The predicted octanol–water partition coefficient (Wildman–Crippen LogP) is 14.7. The number of benzene rings is 9. The van der Waals surface area contributed by atoms with Gasteiger partial charge in [-0.2, -0.15) is 10.5 Å². The lowest BCUT2D eigenvalue weighted by atomic mass is 9.99. The van der Waals surface area contributed by atoms with Gasteiger partial charge in [-0.05, 0) is 74.5 Å². The molecule has 0 radical (unpaired) electrons. The molecule has 0 atom stereocenters. The SMILES string of the molecule is Cc1ccc2c(c1)c1ccc3c4ccccc4oc3c1n2-c1c(C#N)c(N)c(-n2c3ccc(C)cc3c3ccc4c5ccccc5oc4c32)c(-n2c3ccccc3c3ccccc32)c1C#N. The fourth-order valence-corrected chi connectivity index (χ4v) is 11.0. The number of rotatable bonds is 3. The number of furan rings is 2. The maximum atomic E-state index is 12.1. The zero-order valence-corrected chi connectivity index (χ0v) is 35.6. The second kappa shape index (κ2) is 12.9. The Hall–Kier alpha value is -9.24. The maximum absolute atomic E-state index is 12.1. The van der Waals surface area contributed by atoms with Crippen LogP contribution in [-0.2, 0) is 0 Å². The molecule has 5 aromatic heterocycles. The van der Waals surface area contributed by atoms with Crippen molar-refractivity contribution in [1.29, 1.82) is 10.5 Å². The number of hydrogen-bond donors (Lipinski definition) is 1. The van der Waals surface area contributed by atoms with Crippen LogP contribution in [0.3, 0.4) is 0 Å². The molecule has 8 heteroatoms. The van der Waals surface area contributed by atoms with Crippen molar-refractivity contribution in [3.8, 4) is 29.2 Å². The van der Waals surface area contributed by atoms with Crippen LogP contribution in [-0.4, -0.2) is 13.7 Å². The Morgan fingerprint density at radius 1 is 0.394 bits per heavy atom. The average molecular weight is 847 g/mol. The minimum atomic E-state index is 0.164. The molecule has 0 aliphatic carbocycles. The van der Waals surface area contributed by atoms with E-state index in [-0.39, 0.29) is 16.8 Å². The van der Waals surface area contributed by atoms with Crippen LogP contribution in [0.1, 0.15) is 22.3 Å². The van der Waals surface area contributed by atoms with E-state index in [9.17, 15) is 10.5 Å². The van der Waals surface area contributed by atoms with E-state index >= 15 is 0 Å². The fraction of sp³-hybridized carbons (Fsp3) is 0.0345. The van der Waals surface area contributed by atoms with Gasteiger partial charge in [0.25, 0.3) is 0 Å². The van der Waals surface area contributed by atoms with Crippen LogP contribution in [0.2, 0.25) is 0 Å². The van der Waals surface area contributed by atoms with E-state index in [1.54, 1.807) is 0 Å². The monoisotopic (exact) mass is 846 g/mol. The minimum absolute atomic E-state index is 0.164. The number of anilines is 1. The molecule has 0 fully saturated rings. The highest BCUT2D eigenvalue weighted by Gasteiger charge is 2.33. The lowest BCUT2D eigenvalue weighted by Gasteiger charge is -2.24. The van der Waals surface area contributed by atoms with Crippen LogP contribution in [0.25, 0.3) is 126 Å². The molecule has 0 saturated carbocycles. The molecule has 8 nitrogen and oxygen atoms in total. The summed E-state index contributed by atoms with van der Waals surface area (Å²) in [6.45, 7) is 4.16. The molecule has 0 amide bonds. The number of hydrogen-bond acceptors (Lipinski definition) is 5. The van der Waals surface area contributed by atoms with Gasteiger partial charge >= 0.3 is 0 Å². The minimum Gasteiger partial charge on any atom is -0.454 e. The van der Waals surface area contributed by atoms with Gasteiger partial charge in [0.1, 0.15) is 34.4 Å². The summed E-state index contributed by atoms with van der Waals surface area (Å²) in [5.74, 6) is 0. The Labute approximate surface area is 375 Å². The van der Waals surface area contributed by atoms with Crippen LogP contribution < -0.4 is 5.73 Å². The third kappa shape index (κ3) is 4.54. The normalized spacial score (nSPS) is 12.1. The Morgan fingerprint density at radius 3 is 1.32 bits per heavy atom. The largest absolute Gasteiger partial charge is 0.454 e. The molecule has 66 heavy (non-hydrogen) atoms. The number of nitrogens with zero attached hydrogens (tertiary/aromatic N) is 5. The molecule has 308 valence electrons. The lowest BCUT2D eigenvalue weighted by molar-refractivity contribution is 0.670. The molecule has 0 bridgehead atoms. The van der Waals surface area contributed by atoms with E-state index in [2.05, 4.69) is 137 Å². The van der Waals surface area contributed by atoms with Crippen LogP contribution >= 0.6 is 0 Å². The van der Waals surface area contributed by atoms with Gasteiger partial charge in [-0.3, -0.25) is 0 Å². The van der Waals surface area contributed by atoms with Crippen LogP contribution in [0.15, 0.2) is 167 Å². The van der Waals surface area contributed by atoms with Gasteiger partial charge < -0.3 is 28.3 Å². The van der Waals surface area contributed by atoms with Crippen molar-refractivity contribution in [1.82, 2.24) is 13.7 Å². The summed E-state index contributed by atoms with van der Waals surface area (Å²) in [5, 5.41) is 33.6. The van der Waals surface area contributed by atoms with Crippen LogP contribution in [0.4, 0.5) is 5.69 Å². The molecule has 5 heterocycles. The van der Waals surface area contributed by atoms with Crippen molar-refractivity contribution in [2.75, 3.05) is 5.73 Å². The summed E-state index contributed by atoms with van der Waals surface area (Å²) in [6, 6.07) is 59.1. The molecular formula is C58H34N6O2. The zero-order valence-electron chi connectivity index (χ0n) is 35.6. The number of nitrogen functional groups attached to an aromatic ring is 1. The molecule has 0 saturated heterocycles. The maximum Gasteiger partial charge on any atom is 0.160 e. The van der Waals surface area contributed by atoms with E-state index in [0.717, 1.165) is 109 Å². The van der Waals surface area contributed by atoms with E-state index in [4.69, 9.17) is 14.6 Å². The number of para-hydroxylation sites is 4. The molecule has 2 N–H and O–H groups in total. The molecule has 0 spiro atoms. The zero-order chi connectivity index (χ0) is 44.1. The Kier molecular flexibility index (Phi) is 7.10. The molecule has 0 aliphatic rings. The second-order valence-electron chi connectivity index (χ2n) is 17.4. The van der Waals surface area contributed by atoms with Gasteiger partial charge in [-0.25, -0.2) is 0 Å². The third-order valence-corrected chi connectivity index (χ3v) is 13.8. The standard InChI is InChI=1S/C58H34N6O2/c1-31-19-25-47-41(27-31)37-21-23-39-35-13-5-9-17-49(35)65-57(39)54(37)63(47)52-43(29-59)51(61)56(53(44(52)30-60)62-45-15-7-3-11-33(45)34-12-4-8-16-46(34)62)64-48-26-20-32(2)28-42(48)38-22-24-40-36-14-6-10-18-50(36)66-58(40)55(38)64/h3-28H,61H2,1-2H3. The summed E-state index contributed by atoms with van der Waals surface area (Å²) in [7, 11) is 0. The van der Waals surface area contributed by atoms with Gasteiger partial charge in [-0.15, -0.1) is 0 Å². The van der Waals surface area contributed by atoms with Gasteiger partial charge in [-0.1, -0.05) is 108 Å². The molecule has 9 aromatic carbocycles. The summed E-state index contributed by atoms with van der Waals surface area (Å²) in [6.07, 6.45) is 0. The number of fused-ring (bicyclic) bond motifs is 17. The average Bonchev–Trinajstić information content (AvgIpc) is 4.15. The van der Waals surface area contributed by atoms with Crippen molar-refractivity contribution in [3.63, 3.8) is 0 Å². The molecule has 14 aromatic rings. The van der Waals surface area contributed by atoms with Crippen molar-refractivity contribution >= 4 is 115 Å². The van der Waals surface area contributed by atoms with Gasteiger partial charge in [0.05, 0.1) is 55.8 Å². The van der Waals surface area contributed by atoms with Crippen LogP contribution in [0, 0.1) is 36.5 Å². The fourth-order valence-electron chi connectivity index (χ4n) is 11.0. The number of aryl methyl sites for hydroxylation is 2. The smallest absolute Gasteiger partial charge is 0.160 e. The van der Waals surface area contributed by atoms with Crippen molar-refractivity contribution < 1.29 is 8.83 Å². The molecule has 14 rings (SSSR count). The van der Waals surface area contributed by atoms with Crippen LogP contribution in [0.5, 0.6) is 0 Å². The van der Waals surface area contributed by atoms with Crippen molar-refractivity contribution in [2.45, 2.75) is 13.8 Å². The summed E-state index contributed by atoms with van der Waals surface area (Å²) < 4.78 is 20.0. The second-order valence-corrected chi connectivity index (χ2v) is 17.4. The van der Waals surface area contributed by atoms with E-state index < -0.39 is 0 Å². The quantitative estimate of drug-likeness (QED) is 0.178. The van der Waals surface area contributed by atoms with E-state index in [1.165, 1.54) is 0 Å². The predicted molar refractivity (Wildman–Crippen MR) is 267 cm³/mol. The summed E-state index contributed by atoms with van der Waals surface area (Å²) in [4.78, 5) is 0. The number of nitriles is 2. The summed E-state index contributed by atoms with van der Waals surface area (Å²) >= 11 is 0. The highest BCUT2D eigenvalue weighted by molar-refractivity contribution is 6.24. The van der Waals surface area contributed by atoms with Crippen molar-refractivity contribution in [2.24, 2.45) is 0 Å². The lowest BCUT2D eigenvalue weighted by Crippen LogP contribution is -2.15. The van der Waals surface area contributed by atoms with Gasteiger partial charge in [0.15, 0.2) is 11.2 Å².